The Labute approximate surface area is 226 Å². The van der Waals surface area contributed by atoms with E-state index in [1.807, 2.05) is 13.0 Å². The Morgan fingerprint density at radius 2 is 1.90 bits per heavy atom. The molecule has 0 saturated carbocycles. The summed E-state index contributed by atoms with van der Waals surface area (Å²) in [5.74, 6) is -5.56. The second-order valence-corrected chi connectivity index (χ2v) is 9.68. The monoisotopic (exact) mass is 559 g/mol. The SMILES string of the molecule is CCCC[C@H](NC(=O)C(=O)Nc1c(F)cccc1C(F)(F)F)C(=O)N1C[C@]2(C[C@H]1C#N)C(=O)Nc1ccccc12. The van der Waals surface area contributed by atoms with E-state index in [-0.39, 0.29) is 25.3 Å². The molecule has 2 heterocycles. The van der Waals surface area contributed by atoms with Gasteiger partial charge in [-0.25, -0.2) is 4.39 Å². The van der Waals surface area contributed by atoms with Gasteiger partial charge in [0.05, 0.1) is 22.7 Å². The van der Waals surface area contributed by atoms with Gasteiger partial charge in [0, 0.05) is 18.7 Å². The average molecular weight is 560 g/mol. The van der Waals surface area contributed by atoms with Crippen LogP contribution in [-0.2, 0) is 30.8 Å². The molecule has 3 N–H and O–H groups in total. The van der Waals surface area contributed by atoms with Gasteiger partial charge >= 0.3 is 18.0 Å². The number of carbonyl (C=O) groups excluding carboxylic acids is 4. The van der Waals surface area contributed by atoms with Crippen molar-refractivity contribution in [3.8, 4) is 6.07 Å². The van der Waals surface area contributed by atoms with Gasteiger partial charge in [0.15, 0.2) is 0 Å². The maximum Gasteiger partial charge on any atom is 0.418 e. The van der Waals surface area contributed by atoms with Gasteiger partial charge in [-0.1, -0.05) is 44.0 Å². The van der Waals surface area contributed by atoms with E-state index in [1.54, 1.807) is 29.6 Å². The molecule has 1 fully saturated rings. The van der Waals surface area contributed by atoms with Crippen molar-refractivity contribution in [2.24, 2.45) is 0 Å². The second kappa shape index (κ2) is 11.0. The summed E-state index contributed by atoms with van der Waals surface area (Å²) in [6, 6.07) is 8.63. The number of likely N-dealkylation sites (tertiary alicyclic amines) is 1. The highest BCUT2D eigenvalue weighted by molar-refractivity contribution is 6.40. The predicted molar refractivity (Wildman–Crippen MR) is 134 cm³/mol. The number of benzene rings is 2. The second-order valence-electron chi connectivity index (χ2n) is 9.68. The zero-order valence-electron chi connectivity index (χ0n) is 21.3. The van der Waals surface area contributed by atoms with Crippen molar-refractivity contribution < 1.29 is 36.7 Å². The minimum absolute atomic E-state index is 0.0144. The van der Waals surface area contributed by atoms with Crippen LogP contribution in [0.4, 0.5) is 28.9 Å². The summed E-state index contributed by atoms with van der Waals surface area (Å²) in [5, 5.41) is 16.5. The summed E-state index contributed by atoms with van der Waals surface area (Å²) >= 11 is 0. The van der Waals surface area contributed by atoms with Crippen molar-refractivity contribution in [3.63, 3.8) is 0 Å². The zero-order chi connectivity index (χ0) is 29.2. The summed E-state index contributed by atoms with van der Waals surface area (Å²) in [4.78, 5) is 53.0. The Balaban J connectivity index is 1.55. The lowest BCUT2D eigenvalue weighted by Crippen LogP contribution is -2.52. The Hall–Kier alpha value is -4.47. The number of carbonyl (C=O) groups is 4. The number of rotatable bonds is 6. The van der Waals surface area contributed by atoms with Crippen LogP contribution >= 0.6 is 0 Å². The summed E-state index contributed by atoms with van der Waals surface area (Å²) in [6.07, 6.45) is -3.93. The number of nitrogens with one attached hydrogen (secondary N) is 3. The van der Waals surface area contributed by atoms with Crippen LogP contribution in [0.3, 0.4) is 0 Å². The van der Waals surface area contributed by atoms with E-state index >= 15 is 0 Å². The quantitative estimate of drug-likeness (QED) is 0.369. The molecule has 0 aliphatic carbocycles. The molecule has 2 aromatic rings. The molecule has 1 spiro atoms. The van der Waals surface area contributed by atoms with Gasteiger partial charge in [-0.15, -0.1) is 0 Å². The van der Waals surface area contributed by atoms with E-state index in [2.05, 4.69) is 10.6 Å². The first kappa shape index (κ1) is 28.5. The van der Waals surface area contributed by atoms with E-state index in [0.717, 1.165) is 6.07 Å². The van der Waals surface area contributed by atoms with Crippen LogP contribution in [-0.4, -0.2) is 47.2 Å². The normalized spacial score (nSPS) is 20.4. The van der Waals surface area contributed by atoms with Gasteiger partial charge in [0.1, 0.15) is 17.9 Å². The number of hydrogen-bond acceptors (Lipinski definition) is 5. The van der Waals surface area contributed by atoms with Crippen LogP contribution in [0.2, 0.25) is 0 Å². The van der Waals surface area contributed by atoms with E-state index in [9.17, 15) is 42.0 Å². The fourth-order valence-corrected chi connectivity index (χ4v) is 5.13. The number of fused-ring (bicyclic) bond motifs is 2. The maximum absolute atomic E-state index is 14.2. The van der Waals surface area contributed by atoms with Crippen LogP contribution in [0.5, 0.6) is 0 Å². The third kappa shape index (κ3) is 5.21. The molecule has 0 bridgehead atoms. The van der Waals surface area contributed by atoms with Gasteiger partial charge in [-0.05, 0) is 30.2 Å². The molecule has 2 aliphatic heterocycles. The topological polar surface area (TPSA) is 131 Å². The third-order valence-electron chi connectivity index (χ3n) is 7.13. The Kier molecular flexibility index (Phi) is 7.81. The maximum atomic E-state index is 14.2. The van der Waals surface area contributed by atoms with Crippen LogP contribution in [0, 0.1) is 17.1 Å². The van der Waals surface area contributed by atoms with Crippen LogP contribution in [0.25, 0.3) is 0 Å². The molecule has 1 saturated heterocycles. The smallest absolute Gasteiger partial charge is 0.336 e. The fraction of sp³-hybridized carbons (Fsp3) is 0.370. The van der Waals surface area contributed by atoms with Crippen LogP contribution in [0.1, 0.15) is 43.7 Å². The van der Waals surface area contributed by atoms with Gasteiger partial charge in [0.25, 0.3) is 0 Å². The molecule has 0 aromatic heterocycles. The minimum atomic E-state index is -5.01. The molecule has 4 amide bonds. The predicted octanol–water partition coefficient (Wildman–Crippen LogP) is 3.47. The highest BCUT2D eigenvalue weighted by Gasteiger charge is 2.56. The van der Waals surface area contributed by atoms with Gasteiger partial charge in [-0.2, -0.15) is 18.4 Å². The van der Waals surface area contributed by atoms with Crippen molar-refractivity contribution in [1.29, 1.82) is 5.26 Å². The first-order chi connectivity index (χ1) is 18.9. The zero-order valence-corrected chi connectivity index (χ0v) is 21.3. The summed E-state index contributed by atoms with van der Waals surface area (Å²) in [7, 11) is 0. The molecule has 9 nitrogen and oxygen atoms in total. The number of nitrogens with zero attached hydrogens (tertiary/aromatic N) is 2. The van der Waals surface area contributed by atoms with Crippen molar-refractivity contribution >= 4 is 35.0 Å². The first-order valence-electron chi connectivity index (χ1n) is 12.5. The highest BCUT2D eigenvalue weighted by Crippen LogP contribution is 2.46. The average Bonchev–Trinajstić information content (AvgIpc) is 3.44. The van der Waals surface area contributed by atoms with Gasteiger partial charge in [-0.3, -0.25) is 19.2 Å². The Morgan fingerprint density at radius 1 is 1.18 bits per heavy atom. The number of unbranched alkanes of at least 4 members (excludes halogenated alkanes) is 1. The number of nitriles is 1. The molecule has 2 aliphatic rings. The molecule has 0 radical (unpaired) electrons. The van der Waals surface area contributed by atoms with Crippen molar-refractivity contribution in [1.82, 2.24) is 10.2 Å². The van der Waals surface area contributed by atoms with E-state index in [1.165, 1.54) is 4.90 Å². The fourth-order valence-electron chi connectivity index (χ4n) is 5.13. The van der Waals surface area contributed by atoms with E-state index in [4.69, 9.17) is 0 Å². The first-order valence-corrected chi connectivity index (χ1v) is 12.5. The molecular formula is C27H25F4N5O4. The largest absolute Gasteiger partial charge is 0.418 e. The number of amides is 4. The molecule has 2 aromatic carbocycles. The lowest BCUT2D eigenvalue weighted by Gasteiger charge is -2.27. The molecule has 0 unspecified atom stereocenters. The number of hydrogen-bond donors (Lipinski definition) is 3. The minimum Gasteiger partial charge on any atom is -0.336 e. The molecule has 4 rings (SSSR count). The van der Waals surface area contributed by atoms with Crippen molar-refractivity contribution in [3.05, 3.63) is 59.4 Å². The standard InChI is InChI=1S/C27H25F4N5O4/c1-2-3-10-20(33-22(37)23(38)35-21-17(27(29,30)31)8-6-9-18(21)28)24(39)36-14-26(12-15(36)13-32)16-7-4-5-11-19(16)34-25(26)40/h4-9,11,15,20H,2-3,10,12,14H2,1H3,(H,33,37)(H,34,40)(H,35,38)/t15-,20-,26-/m0/s1. The highest BCUT2D eigenvalue weighted by atomic mass is 19.4. The van der Waals surface area contributed by atoms with Crippen molar-refractivity contribution in [2.45, 2.75) is 56.3 Å². The Morgan fingerprint density at radius 3 is 2.58 bits per heavy atom. The molecule has 210 valence electrons. The van der Waals surface area contributed by atoms with E-state index in [0.29, 0.717) is 36.2 Å². The number of halogens is 4. The number of alkyl halides is 3. The summed E-state index contributed by atoms with van der Waals surface area (Å²) in [6.45, 7) is 1.66. The van der Waals surface area contributed by atoms with E-state index < -0.39 is 58.5 Å². The lowest BCUT2D eigenvalue weighted by molar-refractivity contribution is -0.140. The van der Waals surface area contributed by atoms with Crippen LogP contribution < -0.4 is 16.0 Å². The molecule has 40 heavy (non-hydrogen) atoms. The third-order valence-corrected chi connectivity index (χ3v) is 7.13. The lowest BCUT2D eigenvalue weighted by atomic mass is 9.80. The molecule has 3 atom stereocenters. The van der Waals surface area contributed by atoms with Crippen LogP contribution in [0.15, 0.2) is 42.5 Å². The summed E-state index contributed by atoms with van der Waals surface area (Å²) < 4.78 is 54.1. The number of anilines is 2. The Bertz CT molecular complexity index is 1410. The molecule has 13 heteroatoms. The van der Waals surface area contributed by atoms with Gasteiger partial charge < -0.3 is 20.9 Å². The van der Waals surface area contributed by atoms with Crippen molar-refractivity contribution in [2.75, 3.05) is 17.2 Å². The number of para-hydroxylation sites is 2. The van der Waals surface area contributed by atoms with Gasteiger partial charge in [0.2, 0.25) is 11.8 Å². The molecular weight excluding hydrogens is 534 g/mol. The summed E-state index contributed by atoms with van der Waals surface area (Å²) in [5.41, 5.74) is -2.68.